The largest absolute Gasteiger partial charge is 0.433 e. The van der Waals surface area contributed by atoms with Crippen molar-refractivity contribution in [2.75, 3.05) is 5.32 Å². The molecule has 11 heteroatoms. The van der Waals surface area contributed by atoms with E-state index in [1.807, 2.05) is 6.92 Å². The maximum absolute atomic E-state index is 13.9. The van der Waals surface area contributed by atoms with Crippen LogP contribution >= 0.6 is 22.9 Å². The molecule has 35 heavy (non-hydrogen) atoms. The molecule has 0 fully saturated rings. The van der Waals surface area contributed by atoms with Gasteiger partial charge in [-0.2, -0.15) is 23.5 Å². The van der Waals surface area contributed by atoms with Crippen LogP contribution in [-0.4, -0.2) is 20.5 Å². The van der Waals surface area contributed by atoms with E-state index in [0.29, 0.717) is 20.6 Å². The van der Waals surface area contributed by atoms with E-state index in [9.17, 15) is 23.2 Å². The summed E-state index contributed by atoms with van der Waals surface area (Å²) in [7, 11) is 0. The van der Waals surface area contributed by atoms with Crippen LogP contribution in [0.15, 0.2) is 30.3 Å². The van der Waals surface area contributed by atoms with Crippen molar-refractivity contribution in [3.63, 3.8) is 0 Å². The zero-order chi connectivity index (χ0) is 24.9. The monoisotopic (exact) mass is 515 g/mol. The van der Waals surface area contributed by atoms with Crippen molar-refractivity contribution in [3.05, 3.63) is 68.3 Å². The molecule has 0 radical (unpaired) electrons. The quantitative estimate of drug-likeness (QED) is 0.340. The molecule has 3 heterocycles. The van der Waals surface area contributed by atoms with Crippen LogP contribution in [-0.2, 0) is 19.0 Å². The maximum Gasteiger partial charge on any atom is 0.433 e. The van der Waals surface area contributed by atoms with Crippen LogP contribution in [0.3, 0.4) is 0 Å². The third-order valence-electron chi connectivity index (χ3n) is 5.90. The molecule has 0 saturated heterocycles. The molecule has 0 unspecified atom stereocenters. The van der Waals surface area contributed by atoms with Gasteiger partial charge in [-0.25, -0.2) is 9.50 Å². The summed E-state index contributed by atoms with van der Waals surface area (Å²) in [5, 5.41) is 16.2. The number of carbonyl (C=O) groups excluding carboxylic acids is 1. The third kappa shape index (κ3) is 4.15. The number of rotatable bonds is 3. The Hall–Kier alpha value is -3.42. The molecule has 1 aliphatic rings. The number of hydrogen-bond donors (Lipinski definition) is 1. The number of fused-ring (bicyclic) bond motifs is 2. The van der Waals surface area contributed by atoms with Gasteiger partial charge in [0.25, 0.3) is 5.91 Å². The molecule has 6 nitrogen and oxygen atoms in total. The van der Waals surface area contributed by atoms with E-state index in [1.165, 1.54) is 11.3 Å². The summed E-state index contributed by atoms with van der Waals surface area (Å²) in [6.07, 6.45) is -1.25. The molecule has 1 N–H and O–H groups in total. The van der Waals surface area contributed by atoms with Crippen molar-refractivity contribution < 1.29 is 18.0 Å². The molecule has 4 aromatic rings. The number of aromatic nitrogens is 3. The summed E-state index contributed by atoms with van der Waals surface area (Å²) < 4.78 is 42.3. The van der Waals surface area contributed by atoms with E-state index in [2.05, 4.69) is 21.5 Å². The highest BCUT2D eigenvalue weighted by Crippen LogP contribution is 2.39. The molecule has 0 aliphatic heterocycles. The van der Waals surface area contributed by atoms with E-state index in [0.717, 1.165) is 47.8 Å². The second kappa shape index (κ2) is 8.66. The Morgan fingerprint density at radius 1 is 1.23 bits per heavy atom. The number of benzene rings is 1. The van der Waals surface area contributed by atoms with E-state index in [-0.39, 0.29) is 16.4 Å². The first-order valence-corrected chi connectivity index (χ1v) is 12.0. The Morgan fingerprint density at radius 2 is 1.94 bits per heavy atom. The summed E-state index contributed by atoms with van der Waals surface area (Å²) in [5.41, 5.74) is 0.973. The molecule has 1 aromatic carbocycles. The van der Waals surface area contributed by atoms with E-state index in [1.54, 1.807) is 24.3 Å². The molecule has 178 valence electrons. The summed E-state index contributed by atoms with van der Waals surface area (Å²) in [6, 6.07) is 9.86. The number of thiophene rings is 1. The summed E-state index contributed by atoms with van der Waals surface area (Å²) in [4.78, 5) is 18.4. The van der Waals surface area contributed by atoms with Gasteiger partial charge in [0.05, 0.1) is 11.3 Å². The van der Waals surface area contributed by atoms with Crippen LogP contribution in [0, 0.1) is 18.3 Å². The van der Waals surface area contributed by atoms with Crippen LogP contribution in [0.4, 0.5) is 18.2 Å². The van der Waals surface area contributed by atoms with E-state index >= 15 is 0 Å². The number of nitriles is 1. The molecular formula is C24H17ClF3N5OS. The lowest BCUT2D eigenvalue weighted by molar-refractivity contribution is -0.142. The van der Waals surface area contributed by atoms with Gasteiger partial charge in [-0.05, 0) is 44.2 Å². The van der Waals surface area contributed by atoms with E-state index < -0.39 is 23.5 Å². The normalized spacial score (nSPS) is 13.5. The van der Waals surface area contributed by atoms with Gasteiger partial charge in [-0.1, -0.05) is 41.4 Å². The second-order valence-electron chi connectivity index (χ2n) is 8.27. The fourth-order valence-corrected chi connectivity index (χ4v) is 5.63. The van der Waals surface area contributed by atoms with Crippen molar-refractivity contribution in [2.45, 2.75) is 38.8 Å². The van der Waals surface area contributed by atoms with Crippen molar-refractivity contribution in [1.82, 2.24) is 14.6 Å². The number of nitrogens with zero attached hydrogens (tertiary/aromatic N) is 4. The van der Waals surface area contributed by atoms with Gasteiger partial charge in [-0.15, -0.1) is 11.3 Å². The SMILES string of the molecule is Cc1ccc(-c2cc(C(F)(F)F)n3nc(C(=O)Nc4sc5c(c4C#N)CCCC5)c(Cl)c3n2)cc1. The van der Waals surface area contributed by atoms with Crippen LogP contribution in [0.25, 0.3) is 16.9 Å². The predicted octanol–water partition coefficient (Wildman–Crippen LogP) is 6.44. The van der Waals surface area contributed by atoms with Crippen molar-refractivity contribution >= 4 is 39.5 Å². The third-order valence-corrected chi connectivity index (χ3v) is 7.45. The molecule has 0 atom stereocenters. The molecule has 0 saturated carbocycles. The lowest BCUT2D eigenvalue weighted by atomic mass is 9.96. The summed E-state index contributed by atoms with van der Waals surface area (Å²) in [6.45, 7) is 1.86. The lowest BCUT2D eigenvalue weighted by Gasteiger charge is -2.11. The Kier molecular flexibility index (Phi) is 5.77. The van der Waals surface area contributed by atoms with Gasteiger partial charge < -0.3 is 5.32 Å². The Labute approximate surface area is 207 Å². The van der Waals surface area contributed by atoms with Crippen molar-refractivity contribution in [2.24, 2.45) is 0 Å². The number of hydrogen-bond acceptors (Lipinski definition) is 5. The first-order chi connectivity index (χ1) is 16.7. The van der Waals surface area contributed by atoms with Gasteiger partial charge in [0, 0.05) is 10.4 Å². The predicted molar refractivity (Wildman–Crippen MR) is 127 cm³/mol. The minimum atomic E-state index is -4.77. The van der Waals surface area contributed by atoms with E-state index in [4.69, 9.17) is 11.6 Å². The van der Waals surface area contributed by atoms with Gasteiger partial charge >= 0.3 is 6.18 Å². The Bertz CT molecular complexity index is 1520. The summed E-state index contributed by atoms with van der Waals surface area (Å²) in [5.74, 6) is -0.805. The Morgan fingerprint density at radius 3 is 2.63 bits per heavy atom. The van der Waals surface area contributed by atoms with Gasteiger partial charge in [-0.3, -0.25) is 4.79 Å². The highest BCUT2D eigenvalue weighted by molar-refractivity contribution is 7.16. The number of carbonyl (C=O) groups is 1. The molecule has 0 spiro atoms. The zero-order valence-corrected chi connectivity index (χ0v) is 19.9. The smallest absolute Gasteiger partial charge is 0.311 e. The molecular weight excluding hydrogens is 499 g/mol. The van der Waals surface area contributed by atoms with Crippen molar-refractivity contribution in [1.29, 1.82) is 5.26 Å². The van der Waals surface area contributed by atoms with Crippen LogP contribution < -0.4 is 5.32 Å². The average molecular weight is 516 g/mol. The molecule has 1 amide bonds. The van der Waals surface area contributed by atoms with Gasteiger partial charge in [0.2, 0.25) is 0 Å². The van der Waals surface area contributed by atoms with Crippen LogP contribution in [0.1, 0.15) is 50.6 Å². The average Bonchev–Trinajstić information content (AvgIpc) is 3.35. The lowest BCUT2D eigenvalue weighted by Crippen LogP contribution is -2.16. The number of halogens is 4. The minimum absolute atomic E-state index is 0.0521. The Balaban J connectivity index is 1.60. The first kappa shape index (κ1) is 23.3. The standard InChI is InChI=1S/C24H17ClF3N5OS/c1-12-6-8-13(9-7-12)16-10-18(24(26,27)28)33-21(30-16)19(25)20(32-33)22(34)31-23-15(11-29)14-4-2-3-5-17(14)35-23/h6-10H,2-5H2,1H3,(H,31,34). The minimum Gasteiger partial charge on any atom is -0.311 e. The fourth-order valence-electron chi connectivity index (χ4n) is 4.15. The van der Waals surface area contributed by atoms with Gasteiger partial charge in [0.1, 0.15) is 16.1 Å². The number of nitrogens with one attached hydrogen (secondary N) is 1. The van der Waals surface area contributed by atoms with Crippen molar-refractivity contribution in [3.8, 4) is 17.3 Å². The molecule has 3 aromatic heterocycles. The molecule has 1 aliphatic carbocycles. The fraction of sp³-hybridized carbons (Fsp3) is 0.250. The van der Waals surface area contributed by atoms with Crippen LogP contribution in [0.2, 0.25) is 5.02 Å². The number of anilines is 1. The van der Waals surface area contributed by atoms with Crippen LogP contribution in [0.5, 0.6) is 0 Å². The highest BCUT2D eigenvalue weighted by atomic mass is 35.5. The molecule has 0 bridgehead atoms. The highest BCUT2D eigenvalue weighted by Gasteiger charge is 2.37. The topological polar surface area (TPSA) is 83.1 Å². The zero-order valence-electron chi connectivity index (χ0n) is 18.3. The van der Waals surface area contributed by atoms with Gasteiger partial charge in [0.15, 0.2) is 17.0 Å². The summed E-state index contributed by atoms with van der Waals surface area (Å²) >= 11 is 7.67. The second-order valence-corrected chi connectivity index (χ2v) is 9.75. The number of aryl methyl sites for hydroxylation is 2. The maximum atomic E-state index is 13.9. The molecule has 5 rings (SSSR count). The first-order valence-electron chi connectivity index (χ1n) is 10.8. The number of alkyl halides is 3. The number of amides is 1.